The molecule has 0 heterocycles. The van der Waals surface area contributed by atoms with E-state index in [-0.39, 0.29) is 0 Å². The van der Waals surface area contributed by atoms with E-state index < -0.39 is 0 Å². The van der Waals surface area contributed by atoms with Crippen molar-refractivity contribution < 1.29 is 0 Å². The molecular formula is C28H40NSn. The molecule has 0 aliphatic heterocycles. The summed E-state index contributed by atoms with van der Waals surface area (Å²) < 4.78 is 1.58. The van der Waals surface area contributed by atoms with Crippen LogP contribution in [0.4, 0.5) is 5.69 Å². The molecule has 2 aromatic carbocycles. The summed E-state index contributed by atoms with van der Waals surface area (Å²) in [5.41, 5.74) is 9.20. The first-order chi connectivity index (χ1) is 14.5. The molecule has 0 fully saturated rings. The Morgan fingerprint density at radius 2 is 1.27 bits per heavy atom. The van der Waals surface area contributed by atoms with Gasteiger partial charge in [0.25, 0.3) is 0 Å². The Morgan fingerprint density at radius 3 is 1.80 bits per heavy atom. The summed E-state index contributed by atoms with van der Waals surface area (Å²) in [7, 11) is 4.48. The van der Waals surface area contributed by atoms with Crippen LogP contribution in [0, 0.1) is 0 Å². The van der Waals surface area contributed by atoms with Gasteiger partial charge in [0.1, 0.15) is 0 Å². The molecule has 0 bridgehead atoms. The van der Waals surface area contributed by atoms with Gasteiger partial charge in [-0.15, -0.1) is 0 Å². The van der Waals surface area contributed by atoms with Crippen molar-refractivity contribution in [3.05, 3.63) is 58.1 Å². The summed E-state index contributed by atoms with van der Waals surface area (Å²) in [5, 5.41) is 0. The average molecular weight is 509 g/mol. The molecule has 0 saturated heterocycles. The van der Waals surface area contributed by atoms with Crippen molar-refractivity contribution >= 4 is 43.9 Å². The standard InChI is InChI=1S/C28H40N.Sn/c1-6-9-17-24-22-28(29(4)5)27(19-11-8-3)26(18-10-7-2)25(24)21-20-23-15-13-12-14-16-23;/h12-16,20-21H,6-11,17-19H2,1-5H3;/b21-20+;. The number of benzene rings is 2. The van der Waals surface area contributed by atoms with Crippen LogP contribution in [0.5, 0.6) is 0 Å². The van der Waals surface area contributed by atoms with Gasteiger partial charge in [0, 0.05) is 0 Å². The zero-order valence-corrected chi connectivity index (χ0v) is 22.7. The van der Waals surface area contributed by atoms with Crippen LogP contribution in [0.1, 0.15) is 87.1 Å². The third kappa shape index (κ3) is 6.64. The molecule has 0 aromatic heterocycles. The van der Waals surface area contributed by atoms with E-state index >= 15 is 0 Å². The molecule has 0 aliphatic carbocycles. The second kappa shape index (κ2) is 13.2. The number of nitrogens with zero attached hydrogens (tertiary/aromatic N) is 1. The first-order valence-electron chi connectivity index (χ1n) is 11.9. The van der Waals surface area contributed by atoms with Crippen LogP contribution in [-0.2, 0) is 19.3 Å². The van der Waals surface area contributed by atoms with Gasteiger partial charge in [-0.1, -0.05) is 0 Å². The second-order valence-corrected chi connectivity index (χ2v) is 9.95. The SMILES string of the molecule is CCCCc1[c]([Sn])c(N(C)C)c(CCCC)c(CCCC)c1/C=C/c1ccccc1. The van der Waals surface area contributed by atoms with Crippen LogP contribution in [-0.4, -0.2) is 36.6 Å². The zero-order valence-electron chi connectivity index (χ0n) is 19.9. The number of hydrogen-bond donors (Lipinski definition) is 0. The molecule has 2 aromatic rings. The molecule has 2 heteroatoms. The summed E-state index contributed by atoms with van der Waals surface area (Å²) in [6.45, 7) is 6.93. The van der Waals surface area contributed by atoms with Crippen LogP contribution in [0.15, 0.2) is 30.3 Å². The predicted molar refractivity (Wildman–Crippen MR) is 137 cm³/mol. The van der Waals surface area contributed by atoms with Crippen molar-refractivity contribution in [3.63, 3.8) is 0 Å². The van der Waals surface area contributed by atoms with Crippen molar-refractivity contribution in [2.24, 2.45) is 0 Å². The van der Waals surface area contributed by atoms with Gasteiger partial charge in [-0.2, -0.15) is 0 Å². The molecule has 0 atom stereocenters. The topological polar surface area (TPSA) is 3.24 Å². The van der Waals surface area contributed by atoms with Gasteiger partial charge in [0.2, 0.25) is 0 Å². The molecule has 0 spiro atoms. The Labute approximate surface area is 199 Å². The molecule has 0 unspecified atom stereocenters. The van der Waals surface area contributed by atoms with Crippen LogP contribution in [0.25, 0.3) is 12.2 Å². The molecule has 0 N–H and O–H groups in total. The summed E-state index contributed by atoms with van der Waals surface area (Å²) in [5.74, 6) is 0. The van der Waals surface area contributed by atoms with Crippen molar-refractivity contribution in [1.82, 2.24) is 0 Å². The molecular weight excluding hydrogens is 469 g/mol. The Morgan fingerprint density at radius 1 is 0.733 bits per heavy atom. The van der Waals surface area contributed by atoms with Gasteiger partial charge >= 0.3 is 200 Å². The van der Waals surface area contributed by atoms with Crippen LogP contribution >= 0.6 is 0 Å². The normalized spacial score (nSPS) is 11.4. The van der Waals surface area contributed by atoms with E-state index in [4.69, 9.17) is 0 Å². The maximum atomic E-state index is 2.44. The van der Waals surface area contributed by atoms with Gasteiger partial charge in [0.05, 0.1) is 0 Å². The van der Waals surface area contributed by atoms with Crippen molar-refractivity contribution in [2.45, 2.75) is 78.6 Å². The van der Waals surface area contributed by atoms with Crippen LogP contribution < -0.4 is 8.48 Å². The molecule has 1 nitrogen and oxygen atoms in total. The summed E-state index contributed by atoms with van der Waals surface area (Å²) >= 11 is 1.55. The first kappa shape index (κ1) is 25.0. The minimum atomic E-state index is 1.19. The molecule has 0 saturated carbocycles. The summed E-state index contributed by atoms with van der Waals surface area (Å²) in [4.78, 5) is 2.39. The predicted octanol–water partition coefficient (Wildman–Crippen LogP) is 6.74. The fraction of sp³-hybridized carbons (Fsp3) is 0.500. The summed E-state index contributed by atoms with van der Waals surface area (Å²) in [6.07, 6.45) is 15.9. The molecule has 161 valence electrons. The van der Waals surface area contributed by atoms with Gasteiger partial charge in [-0.25, -0.2) is 0 Å². The van der Waals surface area contributed by atoms with E-state index in [0.29, 0.717) is 0 Å². The first-order valence-corrected chi connectivity index (χ1v) is 13.3. The summed E-state index contributed by atoms with van der Waals surface area (Å²) in [6, 6.07) is 10.8. The minimum absolute atomic E-state index is 1.19. The second-order valence-electron chi connectivity index (χ2n) is 8.52. The van der Waals surface area contributed by atoms with E-state index in [1.54, 1.807) is 42.8 Å². The van der Waals surface area contributed by atoms with Crippen LogP contribution in [0.3, 0.4) is 0 Å². The Balaban J connectivity index is 2.74. The third-order valence-electron chi connectivity index (χ3n) is 5.87. The van der Waals surface area contributed by atoms with Gasteiger partial charge in [-0.3, -0.25) is 0 Å². The van der Waals surface area contributed by atoms with Crippen molar-refractivity contribution in [2.75, 3.05) is 19.0 Å². The number of anilines is 1. The molecule has 30 heavy (non-hydrogen) atoms. The quantitative estimate of drug-likeness (QED) is 0.226. The molecule has 3 radical (unpaired) electrons. The van der Waals surface area contributed by atoms with Gasteiger partial charge in [-0.05, 0) is 0 Å². The van der Waals surface area contributed by atoms with Crippen LogP contribution in [0.2, 0.25) is 0 Å². The number of rotatable bonds is 12. The number of hydrogen-bond acceptors (Lipinski definition) is 1. The van der Waals surface area contributed by atoms with Gasteiger partial charge < -0.3 is 0 Å². The maximum absolute atomic E-state index is 2.44. The fourth-order valence-corrected chi connectivity index (χ4v) is 6.04. The molecule has 0 amide bonds. The van der Waals surface area contributed by atoms with E-state index in [9.17, 15) is 0 Å². The Kier molecular flexibility index (Phi) is 11.1. The average Bonchev–Trinajstić information content (AvgIpc) is 2.75. The van der Waals surface area contributed by atoms with Gasteiger partial charge in [0.15, 0.2) is 0 Å². The zero-order chi connectivity index (χ0) is 21.9. The van der Waals surface area contributed by atoms with Crippen molar-refractivity contribution in [1.29, 1.82) is 0 Å². The monoisotopic (exact) mass is 510 g/mol. The van der Waals surface area contributed by atoms with E-state index in [2.05, 4.69) is 82.3 Å². The molecule has 0 aliphatic rings. The van der Waals surface area contributed by atoms with Crippen molar-refractivity contribution in [3.8, 4) is 0 Å². The van der Waals surface area contributed by atoms with E-state index in [1.807, 2.05) is 0 Å². The number of unbranched alkanes of at least 4 members (excludes halogenated alkanes) is 3. The fourth-order valence-electron chi connectivity index (χ4n) is 4.23. The van der Waals surface area contributed by atoms with E-state index in [0.717, 1.165) is 0 Å². The Bertz CT molecular complexity index is 805. The van der Waals surface area contributed by atoms with E-state index in [1.165, 1.54) is 74.6 Å². The Hall–Kier alpha value is -1.22. The molecule has 2 rings (SSSR count). The third-order valence-corrected chi connectivity index (χ3v) is 7.41.